The van der Waals surface area contributed by atoms with E-state index in [1.54, 1.807) is 6.20 Å². The molecule has 1 N–H and O–H groups in total. The van der Waals surface area contributed by atoms with E-state index in [4.69, 9.17) is 5.11 Å². The topological polar surface area (TPSA) is 49.2 Å². The first-order valence-electron chi connectivity index (χ1n) is 6.32. The van der Waals surface area contributed by atoms with Gasteiger partial charge >= 0.3 is 0 Å². The van der Waals surface area contributed by atoms with Gasteiger partial charge in [0.15, 0.2) is 5.82 Å². The highest BCUT2D eigenvalue weighted by Crippen LogP contribution is 2.24. The summed E-state index contributed by atoms with van der Waals surface area (Å²) in [6.45, 7) is 5.24. The summed E-state index contributed by atoms with van der Waals surface area (Å²) in [6, 6.07) is 8.45. The van der Waals surface area contributed by atoms with E-state index >= 15 is 0 Å². The fourth-order valence-corrected chi connectivity index (χ4v) is 2.07. The molecule has 0 saturated carbocycles. The highest BCUT2D eigenvalue weighted by Gasteiger charge is 2.14. The summed E-state index contributed by atoms with van der Waals surface area (Å²) in [4.78, 5) is 2.19. The van der Waals surface area contributed by atoms with Crippen molar-refractivity contribution in [2.45, 2.75) is 26.3 Å². The molecule has 4 heteroatoms. The number of rotatable bonds is 5. The van der Waals surface area contributed by atoms with Crippen LogP contribution in [0.4, 0.5) is 5.82 Å². The third kappa shape index (κ3) is 2.59. The SMILES string of the molecule is CC(C)N(CCCO)c1nncc2ccccc12. The number of aromatic nitrogens is 2. The minimum absolute atomic E-state index is 0.196. The average molecular weight is 245 g/mol. The Morgan fingerprint density at radius 2 is 2.06 bits per heavy atom. The molecule has 0 unspecified atom stereocenters. The Labute approximate surface area is 107 Å². The summed E-state index contributed by atoms with van der Waals surface area (Å²) in [5.41, 5.74) is 0. The summed E-state index contributed by atoms with van der Waals surface area (Å²) in [6.07, 6.45) is 2.52. The van der Waals surface area contributed by atoms with Crippen molar-refractivity contribution in [1.29, 1.82) is 0 Å². The maximum atomic E-state index is 8.99. The van der Waals surface area contributed by atoms with E-state index in [2.05, 4.69) is 35.0 Å². The maximum absolute atomic E-state index is 8.99. The van der Waals surface area contributed by atoms with Gasteiger partial charge in [0.05, 0.1) is 6.20 Å². The van der Waals surface area contributed by atoms with Gasteiger partial charge in [0, 0.05) is 30.0 Å². The van der Waals surface area contributed by atoms with Crippen LogP contribution in [0.25, 0.3) is 10.8 Å². The molecular formula is C14H19N3O. The zero-order valence-electron chi connectivity index (χ0n) is 10.9. The van der Waals surface area contributed by atoms with Crippen molar-refractivity contribution in [2.24, 2.45) is 0 Å². The number of fused-ring (bicyclic) bond motifs is 1. The molecule has 1 heterocycles. The molecule has 0 bridgehead atoms. The van der Waals surface area contributed by atoms with Gasteiger partial charge in [0.2, 0.25) is 0 Å². The van der Waals surface area contributed by atoms with E-state index in [0.29, 0.717) is 6.04 Å². The number of benzene rings is 1. The van der Waals surface area contributed by atoms with Crippen LogP contribution in [0.15, 0.2) is 30.5 Å². The molecule has 0 atom stereocenters. The zero-order chi connectivity index (χ0) is 13.0. The molecule has 1 aromatic heterocycles. The molecule has 96 valence electrons. The molecule has 2 rings (SSSR count). The van der Waals surface area contributed by atoms with E-state index in [1.807, 2.05) is 18.2 Å². The molecule has 0 spiro atoms. The minimum atomic E-state index is 0.196. The van der Waals surface area contributed by atoms with Crippen molar-refractivity contribution in [3.8, 4) is 0 Å². The Morgan fingerprint density at radius 1 is 1.28 bits per heavy atom. The van der Waals surface area contributed by atoms with E-state index in [0.717, 1.165) is 29.6 Å². The van der Waals surface area contributed by atoms with Crippen molar-refractivity contribution in [2.75, 3.05) is 18.1 Å². The third-order valence-electron chi connectivity index (χ3n) is 3.00. The van der Waals surface area contributed by atoms with Crippen LogP contribution in [0.3, 0.4) is 0 Å². The van der Waals surface area contributed by atoms with Crippen molar-refractivity contribution in [1.82, 2.24) is 10.2 Å². The number of anilines is 1. The fourth-order valence-electron chi connectivity index (χ4n) is 2.07. The lowest BCUT2D eigenvalue weighted by Gasteiger charge is -2.28. The van der Waals surface area contributed by atoms with Gasteiger partial charge in [-0.1, -0.05) is 24.3 Å². The molecule has 0 aliphatic rings. The Bertz CT molecular complexity index is 508. The summed E-state index contributed by atoms with van der Waals surface area (Å²) >= 11 is 0. The molecular weight excluding hydrogens is 226 g/mol. The quantitative estimate of drug-likeness (QED) is 0.877. The van der Waals surface area contributed by atoms with Crippen LogP contribution in [0.1, 0.15) is 20.3 Å². The van der Waals surface area contributed by atoms with Gasteiger partial charge in [-0.05, 0) is 20.3 Å². The van der Waals surface area contributed by atoms with Gasteiger partial charge in [-0.2, -0.15) is 5.10 Å². The first-order valence-corrected chi connectivity index (χ1v) is 6.32. The van der Waals surface area contributed by atoms with Crippen LogP contribution in [-0.4, -0.2) is 34.5 Å². The highest BCUT2D eigenvalue weighted by atomic mass is 16.3. The molecule has 0 aliphatic carbocycles. The normalized spacial score (nSPS) is 11.1. The van der Waals surface area contributed by atoms with Crippen molar-refractivity contribution in [3.05, 3.63) is 30.5 Å². The number of nitrogens with zero attached hydrogens (tertiary/aromatic N) is 3. The standard InChI is InChI=1S/C14H19N3O/c1-11(2)17(8-5-9-18)14-13-7-4-3-6-12(13)10-15-16-14/h3-4,6-7,10-11,18H,5,8-9H2,1-2H3. The van der Waals surface area contributed by atoms with Gasteiger partial charge in [-0.15, -0.1) is 5.10 Å². The molecule has 2 aromatic rings. The Morgan fingerprint density at radius 3 is 2.78 bits per heavy atom. The van der Waals surface area contributed by atoms with Crippen LogP contribution >= 0.6 is 0 Å². The van der Waals surface area contributed by atoms with Crippen molar-refractivity contribution >= 4 is 16.6 Å². The molecule has 0 amide bonds. The number of aliphatic hydroxyl groups excluding tert-OH is 1. The Balaban J connectivity index is 2.43. The van der Waals surface area contributed by atoms with E-state index < -0.39 is 0 Å². The summed E-state index contributed by atoms with van der Waals surface area (Å²) in [5.74, 6) is 0.900. The highest BCUT2D eigenvalue weighted by molar-refractivity contribution is 5.91. The second kappa shape index (κ2) is 5.78. The van der Waals surface area contributed by atoms with Crippen molar-refractivity contribution < 1.29 is 5.11 Å². The lowest BCUT2D eigenvalue weighted by atomic mass is 10.1. The zero-order valence-corrected chi connectivity index (χ0v) is 10.9. The number of hydrogen-bond acceptors (Lipinski definition) is 4. The smallest absolute Gasteiger partial charge is 0.159 e. The van der Waals surface area contributed by atoms with E-state index in [-0.39, 0.29) is 6.61 Å². The average Bonchev–Trinajstić information content (AvgIpc) is 2.39. The molecule has 0 aliphatic heterocycles. The monoisotopic (exact) mass is 245 g/mol. The molecule has 0 saturated heterocycles. The largest absolute Gasteiger partial charge is 0.396 e. The Hall–Kier alpha value is -1.68. The second-order valence-corrected chi connectivity index (χ2v) is 4.62. The summed E-state index contributed by atoms with van der Waals surface area (Å²) < 4.78 is 0. The predicted molar refractivity (Wildman–Crippen MR) is 73.7 cm³/mol. The molecule has 0 radical (unpaired) electrons. The van der Waals surface area contributed by atoms with Crippen LogP contribution in [-0.2, 0) is 0 Å². The number of aliphatic hydroxyl groups is 1. The van der Waals surface area contributed by atoms with Gasteiger partial charge < -0.3 is 10.0 Å². The summed E-state index contributed by atoms with van der Waals surface area (Å²) in [5, 5.41) is 19.5. The van der Waals surface area contributed by atoms with Gasteiger partial charge in [-0.25, -0.2) is 0 Å². The fraction of sp³-hybridized carbons (Fsp3) is 0.429. The van der Waals surface area contributed by atoms with Gasteiger partial charge in [0.1, 0.15) is 0 Å². The van der Waals surface area contributed by atoms with Crippen LogP contribution in [0.5, 0.6) is 0 Å². The minimum Gasteiger partial charge on any atom is -0.396 e. The summed E-state index contributed by atoms with van der Waals surface area (Å²) in [7, 11) is 0. The lowest BCUT2D eigenvalue weighted by molar-refractivity contribution is 0.288. The first kappa shape index (κ1) is 12.8. The van der Waals surface area contributed by atoms with Crippen molar-refractivity contribution in [3.63, 3.8) is 0 Å². The molecule has 18 heavy (non-hydrogen) atoms. The predicted octanol–water partition coefficient (Wildman–Crippen LogP) is 2.23. The maximum Gasteiger partial charge on any atom is 0.159 e. The van der Waals surface area contributed by atoms with E-state index in [9.17, 15) is 0 Å². The molecule has 0 fully saturated rings. The van der Waals surface area contributed by atoms with Crippen LogP contribution < -0.4 is 4.90 Å². The first-order chi connectivity index (χ1) is 8.74. The van der Waals surface area contributed by atoms with Crippen LogP contribution in [0.2, 0.25) is 0 Å². The lowest BCUT2D eigenvalue weighted by Crippen LogP contribution is -2.33. The van der Waals surface area contributed by atoms with Gasteiger partial charge in [0.25, 0.3) is 0 Å². The number of hydrogen-bond donors (Lipinski definition) is 1. The van der Waals surface area contributed by atoms with E-state index in [1.165, 1.54) is 0 Å². The molecule has 4 nitrogen and oxygen atoms in total. The Kier molecular flexibility index (Phi) is 4.10. The second-order valence-electron chi connectivity index (χ2n) is 4.62. The third-order valence-corrected chi connectivity index (χ3v) is 3.00. The molecule has 1 aromatic carbocycles. The van der Waals surface area contributed by atoms with Gasteiger partial charge in [-0.3, -0.25) is 0 Å². The van der Waals surface area contributed by atoms with Crippen LogP contribution in [0, 0.1) is 0 Å².